The number of hydrogen-bond acceptors (Lipinski definition) is 6. The summed E-state index contributed by atoms with van der Waals surface area (Å²) in [5.74, 6) is 0.508. The molecule has 4 rings (SSSR count). The number of benzene rings is 1. The van der Waals surface area contributed by atoms with E-state index in [-0.39, 0.29) is 34.7 Å². The van der Waals surface area contributed by atoms with Gasteiger partial charge < -0.3 is 19.0 Å². The molecule has 0 spiro atoms. The molecule has 0 unspecified atom stereocenters. The highest BCUT2D eigenvalue weighted by atomic mass is 16.5. The van der Waals surface area contributed by atoms with Crippen LogP contribution in [0.25, 0.3) is 11.0 Å². The second-order valence-corrected chi connectivity index (χ2v) is 11.5. The summed E-state index contributed by atoms with van der Waals surface area (Å²) < 4.78 is 17.5. The van der Waals surface area contributed by atoms with Gasteiger partial charge in [0.1, 0.15) is 17.4 Å². The minimum Gasteiger partial charge on any atom is -0.493 e. The topological polar surface area (TPSA) is 86.0 Å². The lowest BCUT2D eigenvalue weighted by atomic mass is 9.45. The van der Waals surface area contributed by atoms with Crippen LogP contribution in [0.4, 0.5) is 0 Å². The molecule has 190 valence electrons. The fourth-order valence-electron chi connectivity index (χ4n) is 6.73. The summed E-state index contributed by atoms with van der Waals surface area (Å²) in [6.07, 6.45) is 4.72. The summed E-state index contributed by atoms with van der Waals surface area (Å²) in [7, 11) is 0. The maximum atomic E-state index is 12.5. The first kappa shape index (κ1) is 25.5. The third-order valence-corrected chi connectivity index (χ3v) is 8.97. The zero-order chi connectivity index (χ0) is 25.6. The van der Waals surface area contributed by atoms with Gasteiger partial charge in [-0.1, -0.05) is 26.8 Å². The zero-order valence-corrected chi connectivity index (χ0v) is 21.7. The molecule has 2 aliphatic carbocycles. The predicted molar refractivity (Wildman–Crippen MR) is 135 cm³/mol. The fourth-order valence-corrected chi connectivity index (χ4v) is 6.73. The number of fused-ring (bicyclic) bond motifs is 2. The van der Waals surface area contributed by atoms with Crippen LogP contribution in [0, 0.1) is 22.7 Å². The SMILES string of the molecule is CC=C(C)C(=O)O[C@@H]1CC[C@]2(C)[C@H](CC[C@](C)(O)[C@H]2COc2ccc3ccc(=O)oc3c2)C1(C)C. The number of aliphatic hydroxyl groups is 1. The molecule has 5 atom stereocenters. The summed E-state index contributed by atoms with van der Waals surface area (Å²) in [6, 6.07) is 8.60. The van der Waals surface area contributed by atoms with E-state index in [4.69, 9.17) is 13.9 Å². The van der Waals surface area contributed by atoms with Crippen molar-refractivity contribution in [2.24, 2.45) is 22.7 Å². The van der Waals surface area contributed by atoms with Crippen molar-refractivity contribution in [3.63, 3.8) is 0 Å². The lowest BCUT2D eigenvalue weighted by Gasteiger charge is -2.62. The summed E-state index contributed by atoms with van der Waals surface area (Å²) in [4.78, 5) is 24.2. The second-order valence-electron chi connectivity index (χ2n) is 11.5. The van der Waals surface area contributed by atoms with Gasteiger partial charge in [-0.25, -0.2) is 9.59 Å². The molecule has 0 saturated heterocycles. The van der Waals surface area contributed by atoms with E-state index in [1.807, 2.05) is 26.0 Å². The number of rotatable bonds is 5. The molecule has 35 heavy (non-hydrogen) atoms. The van der Waals surface area contributed by atoms with Crippen LogP contribution in [-0.4, -0.2) is 29.4 Å². The highest BCUT2D eigenvalue weighted by Crippen LogP contribution is 2.62. The van der Waals surface area contributed by atoms with Gasteiger partial charge in [0, 0.05) is 34.4 Å². The molecular formula is C29H38O6. The average molecular weight is 483 g/mol. The van der Waals surface area contributed by atoms with E-state index >= 15 is 0 Å². The van der Waals surface area contributed by atoms with Gasteiger partial charge in [0.05, 0.1) is 12.2 Å². The quantitative estimate of drug-likeness (QED) is 0.337. The van der Waals surface area contributed by atoms with Crippen molar-refractivity contribution in [3.8, 4) is 5.75 Å². The van der Waals surface area contributed by atoms with E-state index in [1.165, 1.54) is 6.07 Å². The molecule has 2 aromatic rings. The first-order valence-corrected chi connectivity index (χ1v) is 12.6. The Kier molecular flexibility index (Phi) is 6.64. The molecule has 1 heterocycles. The molecular weight excluding hydrogens is 444 g/mol. The van der Waals surface area contributed by atoms with Crippen LogP contribution in [0.15, 0.2) is 51.2 Å². The van der Waals surface area contributed by atoms with E-state index in [2.05, 4.69) is 20.8 Å². The molecule has 0 bridgehead atoms. The number of hydrogen-bond donors (Lipinski definition) is 1. The Morgan fingerprint density at radius 1 is 1.14 bits per heavy atom. The first-order chi connectivity index (χ1) is 16.4. The van der Waals surface area contributed by atoms with Gasteiger partial charge in [-0.15, -0.1) is 0 Å². The third kappa shape index (κ3) is 4.65. The van der Waals surface area contributed by atoms with Crippen molar-refractivity contribution in [2.75, 3.05) is 6.61 Å². The molecule has 0 amide bonds. The van der Waals surface area contributed by atoms with Crippen LogP contribution >= 0.6 is 0 Å². The lowest BCUT2D eigenvalue weighted by Crippen LogP contribution is -2.62. The number of ether oxygens (including phenoxy) is 2. The largest absolute Gasteiger partial charge is 0.493 e. The minimum absolute atomic E-state index is 0.111. The van der Waals surface area contributed by atoms with Gasteiger partial charge in [-0.05, 0) is 76.0 Å². The fraction of sp³-hybridized carbons (Fsp3) is 0.586. The van der Waals surface area contributed by atoms with E-state index in [0.29, 0.717) is 29.9 Å². The Morgan fingerprint density at radius 2 is 1.86 bits per heavy atom. The van der Waals surface area contributed by atoms with Gasteiger partial charge in [0.15, 0.2) is 0 Å². The van der Waals surface area contributed by atoms with Gasteiger partial charge in [0.2, 0.25) is 0 Å². The molecule has 1 aromatic carbocycles. The maximum absolute atomic E-state index is 12.5. The molecule has 2 saturated carbocycles. The molecule has 1 N–H and O–H groups in total. The van der Waals surface area contributed by atoms with Crippen molar-refractivity contribution >= 4 is 16.9 Å². The molecule has 2 aliphatic rings. The summed E-state index contributed by atoms with van der Waals surface area (Å²) >= 11 is 0. The van der Waals surface area contributed by atoms with E-state index in [9.17, 15) is 14.7 Å². The highest BCUT2D eigenvalue weighted by Gasteiger charge is 2.61. The van der Waals surface area contributed by atoms with Crippen molar-refractivity contribution in [2.45, 2.75) is 78.9 Å². The van der Waals surface area contributed by atoms with Crippen molar-refractivity contribution in [1.29, 1.82) is 0 Å². The standard InChI is InChI=1S/C29H38O6/c1-7-18(2)26(31)35-24-13-14-28(5)22(27(24,3)4)12-15-29(6,32)23(28)17-33-20-10-8-19-9-11-25(30)34-21(19)16-20/h7-11,16,22-24,32H,12-15,17H2,1-6H3/t22-,23+,24-,28-,29+/m1/s1. The number of esters is 1. The van der Waals surface area contributed by atoms with Crippen LogP contribution in [0.5, 0.6) is 5.75 Å². The summed E-state index contributed by atoms with van der Waals surface area (Å²) in [6.45, 7) is 12.5. The van der Waals surface area contributed by atoms with E-state index in [0.717, 1.165) is 24.6 Å². The van der Waals surface area contributed by atoms with Crippen LogP contribution in [0.1, 0.15) is 67.2 Å². The zero-order valence-electron chi connectivity index (χ0n) is 21.7. The van der Waals surface area contributed by atoms with Gasteiger partial charge >= 0.3 is 11.6 Å². The van der Waals surface area contributed by atoms with Crippen molar-refractivity contribution in [3.05, 3.63) is 52.4 Å². The Hall–Kier alpha value is -2.60. The maximum Gasteiger partial charge on any atom is 0.336 e. The summed E-state index contributed by atoms with van der Waals surface area (Å²) in [5, 5.41) is 12.3. The van der Waals surface area contributed by atoms with Gasteiger partial charge in [-0.2, -0.15) is 0 Å². The van der Waals surface area contributed by atoms with E-state index < -0.39 is 11.2 Å². The Morgan fingerprint density at radius 3 is 2.57 bits per heavy atom. The predicted octanol–water partition coefficient (Wildman–Crippen LogP) is 5.65. The third-order valence-electron chi connectivity index (χ3n) is 8.97. The van der Waals surface area contributed by atoms with Gasteiger partial charge in [-0.3, -0.25) is 0 Å². The second kappa shape index (κ2) is 9.12. The lowest BCUT2D eigenvalue weighted by molar-refractivity contribution is -0.210. The monoisotopic (exact) mass is 482 g/mol. The smallest absolute Gasteiger partial charge is 0.336 e. The van der Waals surface area contributed by atoms with Crippen LogP contribution in [0.2, 0.25) is 0 Å². The molecule has 1 aromatic heterocycles. The van der Waals surface area contributed by atoms with Crippen LogP contribution in [-0.2, 0) is 9.53 Å². The minimum atomic E-state index is -0.879. The van der Waals surface area contributed by atoms with Crippen LogP contribution in [0.3, 0.4) is 0 Å². The molecule has 6 heteroatoms. The first-order valence-electron chi connectivity index (χ1n) is 12.6. The van der Waals surface area contributed by atoms with Crippen LogP contribution < -0.4 is 10.4 Å². The highest BCUT2D eigenvalue weighted by molar-refractivity contribution is 5.87. The summed E-state index contributed by atoms with van der Waals surface area (Å²) in [5.41, 5.74) is -0.599. The number of carbonyl (C=O) groups is 1. The normalized spacial score (nSPS) is 32.7. The molecule has 0 radical (unpaired) electrons. The van der Waals surface area contributed by atoms with Crippen molar-refractivity contribution < 1.29 is 23.8 Å². The Bertz CT molecular complexity index is 1190. The number of allylic oxidation sites excluding steroid dienone is 1. The Labute approximate surface area is 207 Å². The molecule has 6 nitrogen and oxygen atoms in total. The van der Waals surface area contributed by atoms with Gasteiger partial charge in [0.25, 0.3) is 0 Å². The van der Waals surface area contributed by atoms with Crippen molar-refractivity contribution in [1.82, 2.24) is 0 Å². The Balaban J connectivity index is 1.57. The number of carbonyl (C=O) groups excluding carboxylic acids is 1. The average Bonchev–Trinajstić information content (AvgIpc) is 2.79. The van der Waals surface area contributed by atoms with E-state index in [1.54, 1.807) is 25.1 Å². The molecule has 2 fully saturated rings. The molecule has 0 aliphatic heterocycles.